The SMILES string of the molecule is CCN1[C@H](C(=O)NCCc2cn(C)cn2)[C@@H](CO)[C@@H]2Cn3c(ccc(-c4cccnc4)c3=O)[C@@H]21. The molecule has 2 aliphatic heterocycles. The van der Waals surface area contributed by atoms with Crippen LogP contribution in [0.3, 0.4) is 0 Å². The number of nitrogens with zero attached hydrogens (tertiary/aromatic N) is 5. The highest BCUT2D eigenvalue weighted by molar-refractivity contribution is 5.82. The van der Waals surface area contributed by atoms with Crippen molar-refractivity contribution in [2.45, 2.75) is 32.0 Å². The first-order valence-corrected chi connectivity index (χ1v) is 11.8. The minimum Gasteiger partial charge on any atom is -0.396 e. The van der Waals surface area contributed by atoms with Gasteiger partial charge in [0, 0.05) is 80.4 Å². The van der Waals surface area contributed by atoms with E-state index in [2.05, 4.69) is 20.2 Å². The monoisotopic (exact) mass is 462 g/mol. The first kappa shape index (κ1) is 22.5. The predicted molar refractivity (Wildman–Crippen MR) is 127 cm³/mol. The molecule has 9 heteroatoms. The molecular formula is C25H30N6O3. The van der Waals surface area contributed by atoms with Gasteiger partial charge in [0.05, 0.1) is 24.1 Å². The quantitative estimate of drug-likeness (QED) is 0.543. The van der Waals surface area contributed by atoms with Gasteiger partial charge in [-0.1, -0.05) is 13.0 Å². The summed E-state index contributed by atoms with van der Waals surface area (Å²) in [4.78, 5) is 37.2. The molecule has 3 aromatic rings. The number of amides is 1. The number of carbonyl (C=O) groups is 1. The van der Waals surface area contributed by atoms with Crippen LogP contribution in [0.1, 0.15) is 24.4 Å². The van der Waals surface area contributed by atoms with E-state index in [1.165, 1.54) is 0 Å². The molecule has 0 bridgehead atoms. The maximum atomic E-state index is 13.3. The summed E-state index contributed by atoms with van der Waals surface area (Å²) in [5.74, 6) is -0.332. The topological polar surface area (TPSA) is 105 Å². The van der Waals surface area contributed by atoms with Crippen molar-refractivity contribution in [3.05, 3.63) is 70.9 Å². The smallest absolute Gasteiger partial charge is 0.258 e. The van der Waals surface area contributed by atoms with E-state index in [-0.39, 0.29) is 36.0 Å². The Bertz CT molecular complexity index is 1240. The maximum Gasteiger partial charge on any atom is 0.258 e. The van der Waals surface area contributed by atoms with Crippen molar-refractivity contribution >= 4 is 5.91 Å². The zero-order valence-electron chi connectivity index (χ0n) is 19.5. The Hall–Kier alpha value is -3.30. The summed E-state index contributed by atoms with van der Waals surface area (Å²) < 4.78 is 3.70. The molecule has 0 aliphatic carbocycles. The Morgan fingerprint density at radius 3 is 2.82 bits per heavy atom. The summed E-state index contributed by atoms with van der Waals surface area (Å²) in [6, 6.07) is 7.04. The number of aromatic nitrogens is 4. The first-order chi connectivity index (χ1) is 16.5. The van der Waals surface area contributed by atoms with Gasteiger partial charge in [-0.05, 0) is 24.7 Å². The molecular weight excluding hydrogens is 432 g/mol. The number of imidazole rings is 1. The molecule has 2 N–H and O–H groups in total. The zero-order chi connectivity index (χ0) is 23.8. The molecule has 34 heavy (non-hydrogen) atoms. The Morgan fingerprint density at radius 2 is 2.15 bits per heavy atom. The Kier molecular flexibility index (Phi) is 6.05. The van der Waals surface area contributed by atoms with Crippen LogP contribution in [-0.2, 0) is 24.8 Å². The van der Waals surface area contributed by atoms with Gasteiger partial charge in [0.2, 0.25) is 5.91 Å². The number of aliphatic hydroxyl groups excluding tert-OH is 1. The van der Waals surface area contributed by atoms with E-state index in [9.17, 15) is 14.7 Å². The number of likely N-dealkylation sites (N-methyl/N-ethyl adjacent to an activating group) is 1. The summed E-state index contributed by atoms with van der Waals surface area (Å²) >= 11 is 0. The molecule has 4 atom stereocenters. The van der Waals surface area contributed by atoms with E-state index in [1.54, 1.807) is 18.7 Å². The molecule has 1 amide bonds. The zero-order valence-corrected chi connectivity index (χ0v) is 19.5. The molecule has 5 heterocycles. The Morgan fingerprint density at radius 1 is 1.29 bits per heavy atom. The van der Waals surface area contributed by atoms with Gasteiger partial charge in [0.15, 0.2) is 0 Å². The lowest BCUT2D eigenvalue weighted by Crippen LogP contribution is -2.48. The van der Waals surface area contributed by atoms with E-state index < -0.39 is 6.04 Å². The van der Waals surface area contributed by atoms with Crippen LogP contribution in [-0.4, -0.2) is 60.8 Å². The van der Waals surface area contributed by atoms with Gasteiger partial charge in [-0.3, -0.25) is 19.5 Å². The molecule has 2 aliphatic rings. The molecule has 3 aromatic heterocycles. The van der Waals surface area contributed by atoms with Crippen molar-refractivity contribution in [1.82, 2.24) is 29.3 Å². The van der Waals surface area contributed by atoms with Crippen molar-refractivity contribution in [2.75, 3.05) is 19.7 Å². The number of nitrogens with one attached hydrogen (secondary N) is 1. The number of pyridine rings is 2. The lowest BCUT2D eigenvalue weighted by Gasteiger charge is -2.29. The Balaban J connectivity index is 1.39. The number of rotatable bonds is 7. The average Bonchev–Trinajstić information content (AvgIpc) is 3.52. The fourth-order valence-corrected chi connectivity index (χ4v) is 5.74. The van der Waals surface area contributed by atoms with Crippen LogP contribution in [0.2, 0.25) is 0 Å². The summed E-state index contributed by atoms with van der Waals surface area (Å²) in [6.07, 6.45) is 7.72. The van der Waals surface area contributed by atoms with Crippen LogP contribution in [0.25, 0.3) is 11.1 Å². The fraction of sp³-hybridized carbons (Fsp3) is 0.440. The summed E-state index contributed by atoms with van der Waals surface area (Å²) in [6.45, 7) is 3.55. The molecule has 178 valence electrons. The van der Waals surface area contributed by atoms with Gasteiger partial charge >= 0.3 is 0 Å². The minimum atomic E-state index is -0.435. The van der Waals surface area contributed by atoms with E-state index in [4.69, 9.17) is 0 Å². The van der Waals surface area contributed by atoms with Crippen LogP contribution in [0, 0.1) is 11.8 Å². The third-order valence-corrected chi connectivity index (χ3v) is 7.24. The molecule has 1 fully saturated rings. The van der Waals surface area contributed by atoms with E-state index in [0.29, 0.717) is 31.6 Å². The summed E-state index contributed by atoms with van der Waals surface area (Å²) in [7, 11) is 1.92. The van der Waals surface area contributed by atoms with Crippen molar-refractivity contribution in [2.24, 2.45) is 18.9 Å². The standard InChI is InChI=1S/C25H30N6O3/c1-3-30-22-19(13-31-21(22)7-6-18(25(31)34)16-5-4-9-26-11-16)20(14-32)23(30)24(33)27-10-8-17-12-29(2)15-28-17/h4-7,9,11-12,15,19-20,22-23,32H,3,8,10,13-14H2,1-2H3,(H,27,33)/t19-,20-,22+,23-/m0/s1. The van der Waals surface area contributed by atoms with Crippen molar-refractivity contribution in [3.8, 4) is 11.1 Å². The number of carbonyl (C=O) groups excluding carboxylic acids is 1. The number of likely N-dealkylation sites (tertiary alicyclic amines) is 1. The van der Waals surface area contributed by atoms with E-state index >= 15 is 0 Å². The second kappa shape index (κ2) is 9.15. The molecule has 5 rings (SSSR count). The minimum absolute atomic E-state index is 0.00617. The Labute approximate surface area is 198 Å². The largest absolute Gasteiger partial charge is 0.396 e. The average molecular weight is 463 g/mol. The molecule has 0 saturated carbocycles. The molecule has 9 nitrogen and oxygen atoms in total. The first-order valence-electron chi connectivity index (χ1n) is 11.8. The van der Waals surface area contributed by atoms with Gasteiger partial charge in [-0.2, -0.15) is 0 Å². The number of aliphatic hydroxyl groups is 1. The third-order valence-electron chi connectivity index (χ3n) is 7.24. The fourth-order valence-electron chi connectivity index (χ4n) is 5.74. The van der Waals surface area contributed by atoms with E-state index in [1.807, 2.05) is 53.6 Å². The molecule has 0 spiro atoms. The molecule has 0 aromatic carbocycles. The van der Waals surface area contributed by atoms with Crippen LogP contribution >= 0.6 is 0 Å². The highest BCUT2D eigenvalue weighted by atomic mass is 16.3. The number of fused-ring (bicyclic) bond motifs is 3. The second-order valence-electron chi connectivity index (χ2n) is 9.13. The van der Waals surface area contributed by atoms with Crippen molar-refractivity contribution in [1.29, 1.82) is 0 Å². The van der Waals surface area contributed by atoms with Crippen LogP contribution in [0.15, 0.2) is 54.0 Å². The van der Waals surface area contributed by atoms with Crippen LogP contribution in [0.4, 0.5) is 0 Å². The summed E-state index contributed by atoms with van der Waals surface area (Å²) in [5.41, 5.74) is 3.19. The van der Waals surface area contributed by atoms with Gasteiger partial charge in [0.1, 0.15) is 0 Å². The van der Waals surface area contributed by atoms with Gasteiger partial charge in [-0.15, -0.1) is 0 Å². The maximum absolute atomic E-state index is 13.3. The lowest BCUT2D eigenvalue weighted by atomic mass is 9.88. The van der Waals surface area contributed by atoms with Crippen LogP contribution in [0.5, 0.6) is 0 Å². The highest BCUT2D eigenvalue weighted by Gasteiger charge is 2.54. The number of aryl methyl sites for hydroxylation is 1. The van der Waals surface area contributed by atoms with E-state index in [0.717, 1.165) is 17.0 Å². The van der Waals surface area contributed by atoms with Gasteiger partial charge in [-0.25, -0.2) is 4.98 Å². The second-order valence-corrected chi connectivity index (χ2v) is 9.13. The van der Waals surface area contributed by atoms with Crippen molar-refractivity contribution in [3.63, 3.8) is 0 Å². The normalized spacial score (nSPS) is 23.6. The van der Waals surface area contributed by atoms with Gasteiger partial charge in [0.25, 0.3) is 5.56 Å². The number of hydrogen-bond donors (Lipinski definition) is 2. The molecule has 1 saturated heterocycles. The lowest BCUT2D eigenvalue weighted by molar-refractivity contribution is -0.127. The third kappa shape index (κ3) is 3.74. The van der Waals surface area contributed by atoms with Crippen LogP contribution < -0.4 is 10.9 Å². The van der Waals surface area contributed by atoms with Gasteiger partial charge < -0.3 is 19.6 Å². The van der Waals surface area contributed by atoms with Crippen molar-refractivity contribution < 1.29 is 9.90 Å². The summed E-state index contributed by atoms with van der Waals surface area (Å²) in [5, 5.41) is 13.4. The predicted octanol–water partition coefficient (Wildman–Crippen LogP) is 0.986. The molecule has 0 unspecified atom stereocenters. The highest BCUT2D eigenvalue weighted by Crippen LogP contribution is 2.49. The number of hydrogen-bond acceptors (Lipinski definition) is 6. The molecule has 0 radical (unpaired) electrons.